The SMILES string of the molecule is COc1ccc(NC(=O)N[C@H](CCSC)C(=O)O)cc1C. The number of amides is 2. The molecule has 0 unspecified atom stereocenters. The second-order valence-electron chi connectivity index (χ2n) is 4.46. The highest BCUT2D eigenvalue weighted by Crippen LogP contribution is 2.21. The van der Waals surface area contributed by atoms with Gasteiger partial charge in [0, 0.05) is 5.69 Å². The van der Waals surface area contributed by atoms with Gasteiger partial charge in [-0.25, -0.2) is 9.59 Å². The standard InChI is InChI=1S/C14H20N2O4S/c1-9-8-10(4-5-12(9)20-2)15-14(19)16-11(13(17)18)6-7-21-3/h4-5,8,11H,6-7H2,1-3H3,(H,17,18)(H2,15,16,19)/t11-/m1/s1. The Bertz CT molecular complexity index is 508. The predicted octanol–water partition coefficient (Wildman–Crippen LogP) is 2.33. The third-order valence-electron chi connectivity index (χ3n) is 2.87. The van der Waals surface area contributed by atoms with Gasteiger partial charge in [-0.15, -0.1) is 0 Å². The Kier molecular flexibility index (Phi) is 6.87. The summed E-state index contributed by atoms with van der Waals surface area (Å²) in [6.45, 7) is 1.86. The van der Waals surface area contributed by atoms with Crippen LogP contribution in [-0.4, -0.2) is 42.3 Å². The second kappa shape index (κ2) is 8.41. The lowest BCUT2D eigenvalue weighted by Gasteiger charge is -2.15. The lowest BCUT2D eigenvalue weighted by atomic mass is 10.2. The van der Waals surface area contributed by atoms with Crippen LogP contribution in [0, 0.1) is 6.92 Å². The quantitative estimate of drug-likeness (QED) is 0.719. The summed E-state index contributed by atoms with van der Waals surface area (Å²) in [5.74, 6) is 0.355. The molecule has 0 aliphatic heterocycles. The normalized spacial score (nSPS) is 11.6. The highest BCUT2D eigenvalue weighted by Gasteiger charge is 2.19. The molecule has 7 heteroatoms. The molecule has 0 bridgehead atoms. The molecule has 1 atom stereocenters. The Hall–Kier alpha value is -1.89. The van der Waals surface area contributed by atoms with Gasteiger partial charge in [0.15, 0.2) is 0 Å². The minimum absolute atomic E-state index is 0.381. The molecule has 0 saturated carbocycles. The van der Waals surface area contributed by atoms with Crippen LogP contribution in [0.15, 0.2) is 18.2 Å². The second-order valence-corrected chi connectivity index (χ2v) is 5.44. The van der Waals surface area contributed by atoms with Crippen molar-refractivity contribution >= 4 is 29.4 Å². The molecule has 116 valence electrons. The highest BCUT2D eigenvalue weighted by molar-refractivity contribution is 7.98. The number of carbonyl (C=O) groups excluding carboxylic acids is 1. The molecule has 0 aliphatic carbocycles. The molecule has 2 amide bonds. The summed E-state index contributed by atoms with van der Waals surface area (Å²) in [7, 11) is 1.57. The van der Waals surface area contributed by atoms with Crippen LogP contribution in [-0.2, 0) is 4.79 Å². The van der Waals surface area contributed by atoms with E-state index in [0.717, 1.165) is 11.3 Å². The minimum atomic E-state index is -1.04. The van der Waals surface area contributed by atoms with E-state index < -0.39 is 18.0 Å². The van der Waals surface area contributed by atoms with Gasteiger partial charge in [-0.1, -0.05) is 0 Å². The maximum Gasteiger partial charge on any atom is 0.326 e. The van der Waals surface area contributed by atoms with Crippen molar-refractivity contribution in [2.24, 2.45) is 0 Å². The number of urea groups is 1. The Morgan fingerprint density at radius 2 is 2.14 bits per heavy atom. The fraction of sp³-hybridized carbons (Fsp3) is 0.429. The molecule has 0 aliphatic rings. The van der Waals surface area contributed by atoms with Crippen LogP contribution in [0.5, 0.6) is 5.75 Å². The zero-order chi connectivity index (χ0) is 15.8. The van der Waals surface area contributed by atoms with Gasteiger partial charge < -0.3 is 20.5 Å². The molecule has 0 radical (unpaired) electrons. The number of methoxy groups -OCH3 is 1. The van der Waals surface area contributed by atoms with Crippen molar-refractivity contribution < 1.29 is 19.4 Å². The zero-order valence-corrected chi connectivity index (χ0v) is 13.1. The number of aryl methyl sites for hydroxylation is 1. The van der Waals surface area contributed by atoms with Crippen molar-refractivity contribution in [2.75, 3.05) is 24.4 Å². The predicted molar refractivity (Wildman–Crippen MR) is 84.3 cm³/mol. The van der Waals surface area contributed by atoms with Crippen LogP contribution in [0.4, 0.5) is 10.5 Å². The van der Waals surface area contributed by atoms with Crippen LogP contribution in [0.2, 0.25) is 0 Å². The molecule has 0 aromatic heterocycles. The van der Waals surface area contributed by atoms with Crippen molar-refractivity contribution in [2.45, 2.75) is 19.4 Å². The Balaban J connectivity index is 2.63. The number of rotatable bonds is 7. The number of hydrogen-bond donors (Lipinski definition) is 3. The lowest BCUT2D eigenvalue weighted by Crippen LogP contribution is -2.43. The van der Waals surface area contributed by atoms with Gasteiger partial charge in [0.2, 0.25) is 0 Å². The molecule has 0 fully saturated rings. The van der Waals surface area contributed by atoms with E-state index in [1.54, 1.807) is 25.3 Å². The van der Waals surface area contributed by atoms with Crippen LogP contribution in [0.25, 0.3) is 0 Å². The van der Waals surface area contributed by atoms with Crippen LogP contribution in [0.1, 0.15) is 12.0 Å². The van der Waals surface area contributed by atoms with Gasteiger partial charge in [0.25, 0.3) is 0 Å². The Labute approximate surface area is 128 Å². The van der Waals surface area contributed by atoms with E-state index in [1.165, 1.54) is 11.8 Å². The molecule has 3 N–H and O–H groups in total. The van der Waals surface area contributed by atoms with E-state index >= 15 is 0 Å². The lowest BCUT2D eigenvalue weighted by molar-refractivity contribution is -0.139. The van der Waals surface area contributed by atoms with Crippen LogP contribution >= 0.6 is 11.8 Å². The van der Waals surface area contributed by atoms with Gasteiger partial charge in [-0.2, -0.15) is 11.8 Å². The fourth-order valence-corrected chi connectivity index (χ4v) is 2.25. The molecular weight excluding hydrogens is 292 g/mol. The molecule has 0 heterocycles. The number of anilines is 1. The molecule has 21 heavy (non-hydrogen) atoms. The van der Waals surface area contributed by atoms with Crippen molar-refractivity contribution in [3.05, 3.63) is 23.8 Å². The van der Waals surface area contributed by atoms with Gasteiger partial charge in [0.05, 0.1) is 7.11 Å². The molecule has 1 aromatic rings. The van der Waals surface area contributed by atoms with Crippen molar-refractivity contribution in [3.8, 4) is 5.75 Å². The number of thioether (sulfide) groups is 1. The number of carbonyl (C=O) groups is 2. The van der Waals surface area contributed by atoms with Crippen molar-refractivity contribution in [1.82, 2.24) is 5.32 Å². The number of ether oxygens (including phenoxy) is 1. The minimum Gasteiger partial charge on any atom is -0.496 e. The maximum absolute atomic E-state index is 11.8. The van der Waals surface area contributed by atoms with E-state index in [0.29, 0.717) is 17.9 Å². The number of hydrogen-bond acceptors (Lipinski definition) is 4. The first kappa shape index (κ1) is 17.2. The third kappa shape index (κ3) is 5.55. The zero-order valence-electron chi connectivity index (χ0n) is 12.3. The average Bonchev–Trinajstić information content (AvgIpc) is 2.43. The van der Waals surface area contributed by atoms with E-state index in [4.69, 9.17) is 9.84 Å². The van der Waals surface area contributed by atoms with Crippen LogP contribution < -0.4 is 15.4 Å². The Morgan fingerprint density at radius 3 is 2.67 bits per heavy atom. The summed E-state index contributed by atoms with van der Waals surface area (Å²) in [6, 6.07) is 3.77. The smallest absolute Gasteiger partial charge is 0.326 e. The van der Waals surface area contributed by atoms with Gasteiger partial charge in [-0.3, -0.25) is 0 Å². The Morgan fingerprint density at radius 1 is 1.43 bits per heavy atom. The third-order valence-corrected chi connectivity index (χ3v) is 3.51. The van der Waals surface area contributed by atoms with Crippen molar-refractivity contribution in [1.29, 1.82) is 0 Å². The van der Waals surface area contributed by atoms with E-state index in [1.807, 2.05) is 13.2 Å². The number of carboxylic acid groups (broad SMARTS) is 1. The summed E-state index contributed by atoms with van der Waals surface area (Å²) in [5, 5.41) is 14.1. The number of benzene rings is 1. The largest absolute Gasteiger partial charge is 0.496 e. The van der Waals surface area contributed by atoms with E-state index in [-0.39, 0.29) is 0 Å². The molecule has 0 spiro atoms. The van der Waals surface area contributed by atoms with Gasteiger partial charge >= 0.3 is 12.0 Å². The summed E-state index contributed by atoms with van der Waals surface area (Å²) < 4.78 is 5.14. The number of carboxylic acids is 1. The van der Waals surface area contributed by atoms with Gasteiger partial charge in [-0.05, 0) is 49.1 Å². The number of aliphatic carboxylic acids is 1. The summed E-state index contributed by atoms with van der Waals surface area (Å²) in [4.78, 5) is 22.9. The number of nitrogens with one attached hydrogen (secondary N) is 2. The first-order valence-electron chi connectivity index (χ1n) is 6.41. The van der Waals surface area contributed by atoms with Crippen LogP contribution in [0.3, 0.4) is 0 Å². The van der Waals surface area contributed by atoms with E-state index in [2.05, 4.69) is 10.6 Å². The molecular formula is C14H20N2O4S. The first-order valence-corrected chi connectivity index (χ1v) is 7.81. The molecule has 6 nitrogen and oxygen atoms in total. The maximum atomic E-state index is 11.8. The monoisotopic (exact) mass is 312 g/mol. The molecule has 1 aromatic carbocycles. The highest BCUT2D eigenvalue weighted by atomic mass is 32.2. The average molecular weight is 312 g/mol. The molecule has 1 rings (SSSR count). The van der Waals surface area contributed by atoms with Crippen molar-refractivity contribution in [3.63, 3.8) is 0 Å². The molecule has 0 saturated heterocycles. The summed E-state index contributed by atoms with van der Waals surface area (Å²) >= 11 is 1.54. The first-order chi connectivity index (χ1) is 9.97. The topological polar surface area (TPSA) is 87.7 Å². The van der Waals surface area contributed by atoms with Gasteiger partial charge in [0.1, 0.15) is 11.8 Å². The van der Waals surface area contributed by atoms with E-state index in [9.17, 15) is 9.59 Å². The summed E-state index contributed by atoms with van der Waals surface area (Å²) in [5.41, 5.74) is 1.47. The fourth-order valence-electron chi connectivity index (χ4n) is 1.77. The summed E-state index contributed by atoms with van der Waals surface area (Å²) in [6.07, 6.45) is 2.27.